The Balaban J connectivity index is 2.37. The number of rotatable bonds is 4. The predicted molar refractivity (Wildman–Crippen MR) is 64.5 cm³/mol. The fourth-order valence-corrected chi connectivity index (χ4v) is 2.59. The van der Waals surface area contributed by atoms with Gasteiger partial charge in [-0.2, -0.15) is 11.8 Å². The van der Waals surface area contributed by atoms with Gasteiger partial charge in [0.2, 0.25) is 5.91 Å². The number of thioether (sulfide) groups is 1. The molecule has 0 bridgehead atoms. The topological polar surface area (TPSA) is 66.4 Å². The lowest BCUT2D eigenvalue weighted by Gasteiger charge is -2.24. The van der Waals surface area contributed by atoms with Crippen LogP contribution in [0.15, 0.2) is 0 Å². The normalized spacial score (nSPS) is 18.1. The number of aliphatic carboxylic acids is 1. The predicted octanol–water partition coefficient (Wildman–Crippen LogP) is 1.36. The van der Waals surface area contributed by atoms with E-state index in [0.29, 0.717) is 0 Å². The van der Waals surface area contributed by atoms with Crippen LogP contribution in [0.25, 0.3) is 0 Å². The number of carboxylic acid groups (broad SMARTS) is 1. The summed E-state index contributed by atoms with van der Waals surface area (Å²) in [7, 11) is 0. The molecule has 0 unspecified atom stereocenters. The second-order valence-corrected chi connectivity index (χ2v) is 6.02. The Bertz CT molecular complexity index is 272. The molecule has 0 aromatic rings. The summed E-state index contributed by atoms with van der Waals surface area (Å²) in [6, 6.07) is 0. The molecule has 0 saturated carbocycles. The van der Waals surface area contributed by atoms with E-state index >= 15 is 0 Å². The zero-order valence-electron chi connectivity index (χ0n) is 9.78. The number of hydrogen-bond acceptors (Lipinski definition) is 3. The Hall–Kier alpha value is -0.710. The van der Waals surface area contributed by atoms with E-state index in [0.717, 1.165) is 24.3 Å². The minimum atomic E-state index is -0.890. The van der Waals surface area contributed by atoms with Crippen LogP contribution in [0.3, 0.4) is 0 Å². The molecule has 0 aromatic carbocycles. The number of carbonyl (C=O) groups is 2. The maximum Gasteiger partial charge on any atom is 0.310 e. The SMILES string of the molecule is CC(C)(CNC(=O)C1CCSCC1)C(=O)O. The van der Waals surface area contributed by atoms with Crippen molar-refractivity contribution in [3.8, 4) is 0 Å². The lowest BCUT2D eigenvalue weighted by molar-refractivity contribution is -0.146. The second-order valence-electron chi connectivity index (χ2n) is 4.79. The van der Waals surface area contributed by atoms with E-state index in [4.69, 9.17) is 5.11 Å². The average Bonchev–Trinajstić information content (AvgIpc) is 2.27. The van der Waals surface area contributed by atoms with Crippen molar-refractivity contribution < 1.29 is 14.7 Å². The summed E-state index contributed by atoms with van der Waals surface area (Å²) in [6.07, 6.45) is 1.81. The summed E-state index contributed by atoms with van der Waals surface area (Å²) in [4.78, 5) is 22.6. The first kappa shape index (κ1) is 13.4. The van der Waals surface area contributed by atoms with Crippen LogP contribution in [-0.4, -0.2) is 35.0 Å². The quantitative estimate of drug-likeness (QED) is 0.784. The summed E-state index contributed by atoms with van der Waals surface area (Å²) < 4.78 is 0. The van der Waals surface area contributed by atoms with Crippen molar-refractivity contribution >= 4 is 23.6 Å². The molecular formula is C11H19NO3S. The van der Waals surface area contributed by atoms with Crippen molar-refractivity contribution in [1.29, 1.82) is 0 Å². The number of carbonyl (C=O) groups excluding carboxylic acids is 1. The largest absolute Gasteiger partial charge is 0.481 e. The van der Waals surface area contributed by atoms with E-state index in [1.807, 2.05) is 11.8 Å². The highest BCUT2D eigenvalue weighted by atomic mass is 32.2. The maximum atomic E-state index is 11.8. The molecule has 1 rings (SSSR count). The number of amides is 1. The fourth-order valence-electron chi connectivity index (χ4n) is 1.49. The molecule has 92 valence electrons. The third kappa shape index (κ3) is 3.70. The van der Waals surface area contributed by atoms with Crippen LogP contribution in [0.4, 0.5) is 0 Å². The van der Waals surface area contributed by atoms with E-state index in [9.17, 15) is 9.59 Å². The van der Waals surface area contributed by atoms with Crippen molar-refractivity contribution in [3.05, 3.63) is 0 Å². The lowest BCUT2D eigenvalue weighted by atomic mass is 9.93. The van der Waals surface area contributed by atoms with Crippen molar-refractivity contribution in [2.75, 3.05) is 18.1 Å². The van der Waals surface area contributed by atoms with Gasteiger partial charge in [0.15, 0.2) is 0 Å². The van der Waals surface area contributed by atoms with Gasteiger partial charge in [-0.15, -0.1) is 0 Å². The highest BCUT2D eigenvalue weighted by molar-refractivity contribution is 7.99. The van der Waals surface area contributed by atoms with Gasteiger partial charge in [0, 0.05) is 12.5 Å². The van der Waals surface area contributed by atoms with Gasteiger partial charge in [-0.25, -0.2) is 0 Å². The summed E-state index contributed by atoms with van der Waals surface area (Å²) >= 11 is 1.87. The Labute approximate surface area is 100 Å². The zero-order valence-corrected chi connectivity index (χ0v) is 10.6. The molecule has 0 aliphatic carbocycles. The second kappa shape index (κ2) is 5.57. The molecule has 0 aromatic heterocycles. The zero-order chi connectivity index (χ0) is 12.2. The summed E-state index contributed by atoms with van der Waals surface area (Å²) in [5.41, 5.74) is -0.890. The minimum absolute atomic E-state index is 0.00891. The van der Waals surface area contributed by atoms with Gasteiger partial charge >= 0.3 is 5.97 Å². The molecule has 0 atom stereocenters. The van der Waals surface area contributed by atoms with Gasteiger partial charge in [-0.1, -0.05) is 0 Å². The molecule has 1 amide bonds. The molecule has 1 heterocycles. The van der Waals surface area contributed by atoms with Gasteiger partial charge in [0.05, 0.1) is 5.41 Å². The molecule has 1 aliphatic heterocycles. The highest BCUT2D eigenvalue weighted by Gasteiger charge is 2.29. The fraction of sp³-hybridized carbons (Fsp3) is 0.818. The number of hydrogen-bond donors (Lipinski definition) is 2. The molecule has 5 heteroatoms. The Kier molecular flexibility index (Phi) is 4.65. The van der Waals surface area contributed by atoms with Crippen molar-refractivity contribution in [3.63, 3.8) is 0 Å². The van der Waals surface area contributed by atoms with Crippen LogP contribution in [-0.2, 0) is 9.59 Å². The third-order valence-electron chi connectivity index (χ3n) is 2.88. The third-order valence-corrected chi connectivity index (χ3v) is 3.92. The van der Waals surface area contributed by atoms with Crippen molar-refractivity contribution in [1.82, 2.24) is 5.32 Å². The summed E-state index contributed by atoms with van der Waals surface area (Å²) in [6.45, 7) is 3.43. The monoisotopic (exact) mass is 245 g/mol. The van der Waals surface area contributed by atoms with E-state index in [-0.39, 0.29) is 18.4 Å². The first-order valence-electron chi connectivity index (χ1n) is 5.52. The highest BCUT2D eigenvalue weighted by Crippen LogP contribution is 2.23. The molecule has 0 spiro atoms. The first-order valence-corrected chi connectivity index (χ1v) is 6.68. The Morgan fingerprint density at radius 3 is 2.44 bits per heavy atom. The van der Waals surface area contributed by atoms with Gasteiger partial charge in [0.25, 0.3) is 0 Å². The minimum Gasteiger partial charge on any atom is -0.481 e. The van der Waals surface area contributed by atoms with Crippen LogP contribution >= 0.6 is 11.8 Å². The van der Waals surface area contributed by atoms with Gasteiger partial charge in [-0.3, -0.25) is 9.59 Å². The number of nitrogens with one attached hydrogen (secondary N) is 1. The summed E-state index contributed by atoms with van der Waals surface area (Å²) in [5.74, 6) is 1.26. The standard InChI is InChI=1S/C11H19NO3S/c1-11(2,10(14)15)7-12-9(13)8-3-5-16-6-4-8/h8H,3-7H2,1-2H3,(H,12,13)(H,14,15). The van der Waals surface area contributed by atoms with Crippen LogP contribution in [0.5, 0.6) is 0 Å². The molecule has 0 radical (unpaired) electrons. The van der Waals surface area contributed by atoms with E-state index < -0.39 is 11.4 Å². The van der Waals surface area contributed by atoms with E-state index in [1.165, 1.54) is 0 Å². The van der Waals surface area contributed by atoms with Gasteiger partial charge in [-0.05, 0) is 38.2 Å². The van der Waals surface area contributed by atoms with Crippen LogP contribution in [0.1, 0.15) is 26.7 Å². The van der Waals surface area contributed by atoms with E-state index in [1.54, 1.807) is 13.8 Å². The van der Waals surface area contributed by atoms with Gasteiger partial charge in [0.1, 0.15) is 0 Å². The molecule has 1 fully saturated rings. The van der Waals surface area contributed by atoms with Crippen LogP contribution in [0, 0.1) is 11.3 Å². The molecular weight excluding hydrogens is 226 g/mol. The van der Waals surface area contributed by atoms with Gasteiger partial charge < -0.3 is 10.4 Å². The van der Waals surface area contributed by atoms with Crippen LogP contribution < -0.4 is 5.32 Å². The maximum absolute atomic E-state index is 11.8. The average molecular weight is 245 g/mol. The molecule has 4 nitrogen and oxygen atoms in total. The summed E-state index contributed by atoms with van der Waals surface area (Å²) in [5, 5.41) is 11.7. The van der Waals surface area contributed by atoms with Crippen molar-refractivity contribution in [2.24, 2.45) is 11.3 Å². The molecule has 16 heavy (non-hydrogen) atoms. The number of carboxylic acids is 1. The first-order chi connectivity index (χ1) is 7.43. The van der Waals surface area contributed by atoms with Crippen molar-refractivity contribution in [2.45, 2.75) is 26.7 Å². The molecule has 1 aliphatic rings. The smallest absolute Gasteiger partial charge is 0.310 e. The molecule has 2 N–H and O–H groups in total. The Morgan fingerprint density at radius 2 is 1.94 bits per heavy atom. The van der Waals surface area contributed by atoms with Crippen LogP contribution in [0.2, 0.25) is 0 Å². The Morgan fingerprint density at radius 1 is 1.38 bits per heavy atom. The lowest BCUT2D eigenvalue weighted by Crippen LogP contribution is -2.42. The van der Waals surface area contributed by atoms with E-state index in [2.05, 4.69) is 5.32 Å². The molecule has 1 saturated heterocycles.